The van der Waals surface area contributed by atoms with Crippen molar-refractivity contribution in [3.05, 3.63) is 64.7 Å². The number of hydrogen-bond acceptors (Lipinski definition) is 6. The van der Waals surface area contributed by atoms with Crippen LogP contribution < -0.4 is 9.47 Å². The van der Waals surface area contributed by atoms with E-state index in [0.717, 1.165) is 36.1 Å². The molecule has 0 bridgehead atoms. The summed E-state index contributed by atoms with van der Waals surface area (Å²) >= 11 is 0. The number of nitrogens with zero attached hydrogens (tertiary/aromatic N) is 1. The molecular formula is C27H29NO6. The van der Waals surface area contributed by atoms with Gasteiger partial charge in [-0.15, -0.1) is 0 Å². The molecule has 1 amide bonds. The molecule has 3 aliphatic rings. The van der Waals surface area contributed by atoms with Gasteiger partial charge in [-0.1, -0.05) is 12.1 Å². The number of carbonyl (C=O) groups excluding carboxylic acids is 2. The lowest BCUT2D eigenvalue weighted by Gasteiger charge is -2.27. The fraction of sp³-hybridized carbons (Fsp3) is 0.407. The molecule has 0 saturated carbocycles. The minimum atomic E-state index is -0.705. The van der Waals surface area contributed by atoms with Crippen molar-refractivity contribution in [2.75, 3.05) is 19.8 Å². The monoisotopic (exact) mass is 463 g/mol. The maximum atomic E-state index is 13.2. The van der Waals surface area contributed by atoms with Crippen molar-refractivity contribution in [3.63, 3.8) is 0 Å². The molecule has 0 radical (unpaired) electrons. The van der Waals surface area contributed by atoms with E-state index < -0.39 is 17.7 Å². The third-order valence-electron chi connectivity index (χ3n) is 6.64. The molecule has 2 saturated heterocycles. The van der Waals surface area contributed by atoms with Gasteiger partial charge in [-0.05, 0) is 68.1 Å². The molecular weight excluding hydrogens is 434 g/mol. The van der Waals surface area contributed by atoms with Crippen LogP contribution in [0.1, 0.15) is 49.4 Å². The fourth-order valence-corrected chi connectivity index (χ4v) is 5.06. The van der Waals surface area contributed by atoms with E-state index in [4.69, 9.17) is 14.2 Å². The van der Waals surface area contributed by atoms with E-state index in [9.17, 15) is 14.7 Å². The summed E-state index contributed by atoms with van der Waals surface area (Å²) in [7, 11) is 0. The number of fused-ring (bicyclic) bond motifs is 1. The van der Waals surface area contributed by atoms with Crippen molar-refractivity contribution in [2.45, 2.75) is 51.4 Å². The molecule has 7 nitrogen and oxygen atoms in total. The number of hydrogen-bond donors (Lipinski definition) is 1. The van der Waals surface area contributed by atoms with Gasteiger partial charge in [0, 0.05) is 25.1 Å². The number of Topliss-reactive ketones (excluding diaryl/α,β-unsaturated/α-hetero) is 1. The van der Waals surface area contributed by atoms with E-state index in [2.05, 4.69) is 0 Å². The number of amides is 1. The maximum absolute atomic E-state index is 13.2. The number of benzene rings is 2. The zero-order chi connectivity index (χ0) is 23.8. The van der Waals surface area contributed by atoms with Crippen molar-refractivity contribution in [1.29, 1.82) is 0 Å². The van der Waals surface area contributed by atoms with Crippen molar-refractivity contribution < 1.29 is 28.9 Å². The minimum Gasteiger partial charge on any atom is -0.507 e. The van der Waals surface area contributed by atoms with Crippen LogP contribution >= 0.6 is 0 Å². The minimum absolute atomic E-state index is 0.0632. The number of aliphatic hydroxyl groups excluding tert-OH is 1. The number of ether oxygens (including phenoxy) is 3. The fourth-order valence-electron chi connectivity index (χ4n) is 5.06. The lowest BCUT2D eigenvalue weighted by atomic mass is 9.94. The van der Waals surface area contributed by atoms with Gasteiger partial charge in [-0.25, -0.2) is 0 Å². The van der Waals surface area contributed by atoms with Gasteiger partial charge in [0.2, 0.25) is 0 Å². The molecule has 0 spiro atoms. The number of rotatable bonds is 6. The predicted molar refractivity (Wildman–Crippen MR) is 126 cm³/mol. The van der Waals surface area contributed by atoms with Crippen molar-refractivity contribution in [3.8, 4) is 11.5 Å². The Morgan fingerprint density at radius 3 is 2.68 bits per heavy atom. The Bertz CT molecular complexity index is 1130. The van der Waals surface area contributed by atoms with Gasteiger partial charge in [-0.2, -0.15) is 0 Å². The van der Waals surface area contributed by atoms with Crippen LogP contribution in [-0.2, 0) is 20.7 Å². The van der Waals surface area contributed by atoms with Crippen LogP contribution in [0.3, 0.4) is 0 Å². The summed E-state index contributed by atoms with van der Waals surface area (Å²) in [5, 5.41) is 11.3. The molecule has 2 aromatic rings. The smallest absolute Gasteiger partial charge is 0.295 e. The topological polar surface area (TPSA) is 85.3 Å². The third kappa shape index (κ3) is 4.05. The highest BCUT2D eigenvalue weighted by Gasteiger charge is 2.47. The van der Waals surface area contributed by atoms with Gasteiger partial charge in [0.05, 0.1) is 24.3 Å². The number of likely N-dealkylation sites (tertiary alicyclic amines) is 1. The number of ketones is 1. The zero-order valence-corrected chi connectivity index (χ0v) is 19.5. The first-order valence-corrected chi connectivity index (χ1v) is 11.9. The van der Waals surface area contributed by atoms with Crippen LogP contribution in [0, 0.1) is 0 Å². The molecule has 5 rings (SSSR count). The molecule has 1 N–H and O–H groups in total. The van der Waals surface area contributed by atoms with E-state index in [1.165, 1.54) is 4.90 Å². The molecule has 3 aliphatic heterocycles. The molecule has 2 aromatic carbocycles. The van der Waals surface area contributed by atoms with E-state index in [1.807, 2.05) is 50.2 Å². The molecule has 7 heteroatoms. The largest absolute Gasteiger partial charge is 0.507 e. The summed E-state index contributed by atoms with van der Waals surface area (Å²) in [5.74, 6) is 0.0176. The lowest BCUT2D eigenvalue weighted by molar-refractivity contribution is -0.140. The van der Waals surface area contributed by atoms with Crippen LogP contribution in [-0.4, -0.2) is 53.7 Å². The second-order valence-corrected chi connectivity index (χ2v) is 9.04. The van der Waals surface area contributed by atoms with Crippen LogP contribution in [0.2, 0.25) is 0 Å². The van der Waals surface area contributed by atoms with Gasteiger partial charge in [0.25, 0.3) is 11.7 Å². The van der Waals surface area contributed by atoms with Gasteiger partial charge >= 0.3 is 0 Å². The van der Waals surface area contributed by atoms with Crippen molar-refractivity contribution in [1.82, 2.24) is 4.90 Å². The Morgan fingerprint density at radius 1 is 1.18 bits per heavy atom. The molecule has 2 fully saturated rings. The highest BCUT2D eigenvalue weighted by Crippen LogP contribution is 2.41. The number of carbonyl (C=O) groups is 2. The van der Waals surface area contributed by atoms with E-state index in [0.29, 0.717) is 31.1 Å². The first-order chi connectivity index (χ1) is 16.5. The summed E-state index contributed by atoms with van der Waals surface area (Å²) in [6.45, 7) is 5.39. The average molecular weight is 464 g/mol. The normalized spacial score (nSPS) is 25.5. The Kier molecular flexibility index (Phi) is 6.04. The molecule has 178 valence electrons. The Labute approximate surface area is 198 Å². The second kappa shape index (κ2) is 9.14. The molecule has 0 aliphatic carbocycles. The standard InChI is InChI=1S/C27H29NO6/c1-3-32-20-9-6-17(7-10-20)24-23(26(30)27(31)28(24)15-21-5-4-12-33-21)25(29)18-8-11-22-19(14-18)13-16(2)34-22/h6-11,14,16,21,24,29H,3-5,12-13,15H2,1-2H3/t16-,21+,24+/m0/s1. The van der Waals surface area contributed by atoms with Gasteiger partial charge in [-0.3, -0.25) is 9.59 Å². The molecule has 0 aromatic heterocycles. The highest BCUT2D eigenvalue weighted by molar-refractivity contribution is 6.46. The van der Waals surface area contributed by atoms with E-state index in [-0.39, 0.29) is 23.5 Å². The van der Waals surface area contributed by atoms with Gasteiger partial charge < -0.3 is 24.2 Å². The van der Waals surface area contributed by atoms with Crippen LogP contribution in [0.5, 0.6) is 11.5 Å². The van der Waals surface area contributed by atoms with E-state index >= 15 is 0 Å². The summed E-state index contributed by atoms with van der Waals surface area (Å²) in [6, 6.07) is 12.0. The summed E-state index contributed by atoms with van der Waals surface area (Å²) in [6.07, 6.45) is 2.43. The highest BCUT2D eigenvalue weighted by atomic mass is 16.5. The lowest BCUT2D eigenvalue weighted by Crippen LogP contribution is -2.36. The maximum Gasteiger partial charge on any atom is 0.295 e. The Balaban J connectivity index is 1.57. The van der Waals surface area contributed by atoms with Crippen LogP contribution in [0.25, 0.3) is 5.76 Å². The predicted octanol–water partition coefficient (Wildman–Crippen LogP) is 4.01. The summed E-state index contributed by atoms with van der Waals surface area (Å²) in [4.78, 5) is 27.9. The first-order valence-electron chi connectivity index (χ1n) is 11.9. The zero-order valence-electron chi connectivity index (χ0n) is 19.5. The van der Waals surface area contributed by atoms with Gasteiger partial charge in [0.1, 0.15) is 23.4 Å². The SMILES string of the molecule is CCOc1ccc([C@@H]2C(=C(O)c3ccc4c(c3)C[C@H](C)O4)C(=O)C(=O)N2C[C@H]2CCCO2)cc1. The molecule has 34 heavy (non-hydrogen) atoms. The average Bonchev–Trinajstić information content (AvgIpc) is 3.53. The quantitative estimate of drug-likeness (QED) is 0.396. The second-order valence-electron chi connectivity index (χ2n) is 9.04. The molecule has 3 heterocycles. The third-order valence-corrected chi connectivity index (χ3v) is 6.64. The van der Waals surface area contributed by atoms with Crippen LogP contribution in [0.15, 0.2) is 48.0 Å². The Morgan fingerprint density at radius 2 is 1.97 bits per heavy atom. The van der Waals surface area contributed by atoms with Gasteiger partial charge in [0.15, 0.2) is 0 Å². The first kappa shape index (κ1) is 22.5. The van der Waals surface area contributed by atoms with Crippen molar-refractivity contribution >= 4 is 17.4 Å². The van der Waals surface area contributed by atoms with Crippen LogP contribution in [0.4, 0.5) is 0 Å². The molecule has 0 unspecified atom stereocenters. The number of aliphatic hydroxyl groups is 1. The Hall–Kier alpha value is -3.32. The van der Waals surface area contributed by atoms with Crippen molar-refractivity contribution in [2.24, 2.45) is 0 Å². The van der Waals surface area contributed by atoms with E-state index in [1.54, 1.807) is 6.07 Å². The summed E-state index contributed by atoms with van der Waals surface area (Å²) < 4.78 is 17.1. The molecule has 3 atom stereocenters. The summed E-state index contributed by atoms with van der Waals surface area (Å²) in [5.41, 5.74) is 2.31.